The summed E-state index contributed by atoms with van der Waals surface area (Å²) in [6, 6.07) is 0. The molecule has 0 aliphatic heterocycles. The maximum Gasteiger partial charge on any atom is 0.472 e. The standard InChI is InChI=1S/C50H96NO8P/c1-6-8-10-12-14-16-18-20-22-24-25-27-28-30-32-34-36-38-40-42-49(52)56-46-48(47-58-60(54,55)57-45-44-51(3,4)5)59-50(53)43-41-39-37-35-33-31-29-26-23-21-19-17-15-13-11-9-7-2/h17,19-20,22,48H,6-16,18,21,23-47H2,1-5H3/p+1/b19-17+,22-20+/t48-/m1/s1. The van der Waals surface area contributed by atoms with E-state index in [1.54, 1.807) is 0 Å². The SMILES string of the molecule is CCCCCC/C=C/CCCCCCCCCCCC(=O)O[C@H](COC(=O)CCCCCCCCCCC/C=C/CCCCCCCC)COP(=O)(O)OCC[N+](C)(C)C. The van der Waals surface area contributed by atoms with Crippen LogP contribution in [0.5, 0.6) is 0 Å². The van der Waals surface area contributed by atoms with Crippen molar-refractivity contribution in [2.24, 2.45) is 0 Å². The first-order valence-electron chi connectivity index (χ1n) is 25.1. The van der Waals surface area contributed by atoms with E-state index in [1.165, 1.54) is 161 Å². The van der Waals surface area contributed by atoms with Crippen molar-refractivity contribution in [2.45, 2.75) is 238 Å². The largest absolute Gasteiger partial charge is 0.472 e. The number of esters is 2. The second-order valence-electron chi connectivity index (χ2n) is 18.2. The molecule has 0 spiro atoms. The summed E-state index contributed by atoms with van der Waals surface area (Å²) in [6.07, 6.45) is 47.9. The third kappa shape index (κ3) is 46.0. The fraction of sp³-hybridized carbons (Fsp3) is 0.880. The number of rotatable bonds is 46. The Bertz CT molecular complexity index is 1070. The van der Waals surface area contributed by atoms with Gasteiger partial charge in [-0.25, -0.2) is 4.57 Å². The number of hydrogen-bond donors (Lipinski definition) is 1. The van der Waals surface area contributed by atoms with Gasteiger partial charge in [0.15, 0.2) is 6.10 Å². The molecule has 0 bridgehead atoms. The number of nitrogens with zero attached hydrogens (tertiary/aromatic N) is 1. The van der Waals surface area contributed by atoms with Gasteiger partial charge in [0.2, 0.25) is 0 Å². The van der Waals surface area contributed by atoms with Crippen LogP contribution in [0.2, 0.25) is 0 Å². The Morgan fingerprint density at radius 3 is 1.25 bits per heavy atom. The number of ether oxygens (including phenoxy) is 2. The maximum absolute atomic E-state index is 12.7. The molecule has 10 heteroatoms. The van der Waals surface area contributed by atoms with Crippen LogP contribution in [0.25, 0.3) is 0 Å². The molecule has 1 N–H and O–H groups in total. The van der Waals surface area contributed by atoms with Crippen molar-refractivity contribution in [3.8, 4) is 0 Å². The first-order valence-corrected chi connectivity index (χ1v) is 26.6. The molecule has 0 aromatic heterocycles. The van der Waals surface area contributed by atoms with E-state index in [9.17, 15) is 19.0 Å². The molecule has 354 valence electrons. The summed E-state index contributed by atoms with van der Waals surface area (Å²) in [7, 11) is 1.48. The van der Waals surface area contributed by atoms with Gasteiger partial charge in [-0.3, -0.25) is 18.6 Å². The third-order valence-corrected chi connectivity index (χ3v) is 11.9. The normalized spacial score (nSPS) is 13.6. The summed E-state index contributed by atoms with van der Waals surface area (Å²) in [4.78, 5) is 35.5. The smallest absolute Gasteiger partial charge is 0.462 e. The van der Waals surface area contributed by atoms with Gasteiger partial charge < -0.3 is 18.9 Å². The molecule has 1 unspecified atom stereocenters. The fourth-order valence-corrected chi connectivity index (χ4v) is 7.75. The summed E-state index contributed by atoms with van der Waals surface area (Å²) in [6.45, 7) is 4.43. The van der Waals surface area contributed by atoms with Crippen molar-refractivity contribution in [1.29, 1.82) is 0 Å². The molecule has 0 saturated carbocycles. The van der Waals surface area contributed by atoms with E-state index >= 15 is 0 Å². The number of carbonyl (C=O) groups is 2. The van der Waals surface area contributed by atoms with Gasteiger partial charge >= 0.3 is 19.8 Å². The highest BCUT2D eigenvalue weighted by molar-refractivity contribution is 7.47. The fourth-order valence-electron chi connectivity index (χ4n) is 7.00. The van der Waals surface area contributed by atoms with Crippen LogP contribution in [0.3, 0.4) is 0 Å². The molecular formula is C50H97NO8P+. The number of allylic oxidation sites excluding steroid dienone is 4. The Kier molecular flexibility index (Phi) is 41.7. The molecule has 0 aliphatic rings. The molecule has 0 aromatic rings. The number of phosphoric acid groups is 1. The van der Waals surface area contributed by atoms with Crippen LogP contribution < -0.4 is 0 Å². The Morgan fingerprint density at radius 2 is 0.850 bits per heavy atom. The highest BCUT2D eigenvalue weighted by Gasteiger charge is 2.27. The lowest BCUT2D eigenvalue weighted by molar-refractivity contribution is -0.870. The lowest BCUT2D eigenvalue weighted by Gasteiger charge is -2.24. The zero-order valence-corrected chi connectivity index (χ0v) is 40.9. The first-order chi connectivity index (χ1) is 29.0. The summed E-state index contributed by atoms with van der Waals surface area (Å²) < 4.78 is 34.4. The Balaban J connectivity index is 4.25. The van der Waals surface area contributed by atoms with Gasteiger partial charge in [-0.15, -0.1) is 0 Å². The number of quaternary nitrogens is 1. The summed E-state index contributed by atoms with van der Waals surface area (Å²) >= 11 is 0. The van der Waals surface area contributed by atoms with Gasteiger partial charge in [-0.1, -0.05) is 179 Å². The van der Waals surface area contributed by atoms with E-state index in [1.807, 2.05) is 21.1 Å². The van der Waals surface area contributed by atoms with Crippen molar-refractivity contribution in [3.05, 3.63) is 24.3 Å². The van der Waals surface area contributed by atoms with E-state index in [4.69, 9.17) is 18.5 Å². The first kappa shape index (κ1) is 58.5. The minimum Gasteiger partial charge on any atom is -0.462 e. The molecule has 0 aromatic carbocycles. The predicted octanol–water partition coefficient (Wildman–Crippen LogP) is 14.7. The number of likely N-dealkylation sites (N-methyl/N-ethyl adjacent to an activating group) is 1. The van der Waals surface area contributed by atoms with Gasteiger partial charge in [-0.05, 0) is 64.2 Å². The van der Waals surface area contributed by atoms with E-state index in [0.717, 1.165) is 38.5 Å². The molecule has 0 radical (unpaired) electrons. The molecular weight excluding hydrogens is 774 g/mol. The molecule has 0 rings (SSSR count). The third-order valence-electron chi connectivity index (χ3n) is 11.0. The lowest BCUT2D eigenvalue weighted by Crippen LogP contribution is -2.37. The van der Waals surface area contributed by atoms with Crippen molar-refractivity contribution < 1.29 is 42.1 Å². The van der Waals surface area contributed by atoms with Gasteiger partial charge in [0, 0.05) is 12.8 Å². The summed E-state index contributed by atoms with van der Waals surface area (Å²) in [5, 5.41) is 0. The van der Waals surface area contributed by atoms with Gasteiger partial charge in [0.05, 0.1) is 27.7 Å². The van der Waals surface area contributed by atoms with Crippen LogP contribution in [0.4, 0.5) is 0 Å². The predicted molar refractivity (Wildman–Crippen MR) is 252 cm³/mol. The number of hydrogen-bond acceptors (Lipinski definition) is 7. The van der Waals surface area contributed by atoms with Crippen LogP contribution >= 0.6 is 7.82 Å². The topological polar surface area (TPSA) is 108 Å². The van der Waals surface area contributed by atoms with Gasteiger partial charge in [-0.2, -0.15) is 0 Å². The second kappa shape index (κ2) is 42.8. The lowest BCUT2D eigenvalue weighted by atomic mass is 10.1. The molecule has 0 heterocycles. The van der Waals surface area contributed by atoms with E-state index in [2.05, 4.69) is 38.2 Å². The van der Waals surface area contributed by atoms with E-state index in [-0.39, 0.29) is 32.0 Å². The van der Waals surface area contributed by atoms with Gasteiger partial charge in [0.25, 0.3) is 0 Å². The van der Waals surface area contributed by atoms with Crippen LogP contribution in [0.1, 0.15) is 232 Å². The zero-order chi connectivity index (χ0) is 44.3. The van der Waals surface area contributed by atoms with Crippen molar-refractivity contribution in [2.75, 3.05) is 47.5 Å². The van der Waals surface area contributed by atoms with Crippen LogP contribution in [-0.2, 0) is 32.7 Å². The molecule has 0 aliphatic carbocycles. The number of unbranched alkanes of at least 4 members (excludes halogenated alkanes) is 28. The molecule has 0 saturated heterocycles. The minimum absolute atomic E-state index is 0.0326. The Hall–Kier alpha value is -1.51. The zero-order valence-electron chi connectivity index (χ0n) is 40.0. The molecule has 0 fully saturated rings. The molecule has 2 atom stereocenters. The number of carbonyl (C=O) groups excluding carboxylic acids is 2. The summed E-state index contributed by atoms with van der Waals surface area (Å²) in [5.74, 6) is -0.794. The highest BCUT2D eigenvalue weighted by Crippen LogP contribution is 2.43. The molecule has 60 heavy (non-hydrogen) atoms. The van der Waals surface area contributed by atoms with Crippen molar-refractivity contribution in [3.63, 3.8) is 0 Å². The summed E-state index contributed by atoms with van der Waals surface area (Å²) in [5.41, 5.74) is 0. The van der Waals surface area contributed by atoms with Gasteiger partial charge in [0.1, 0.15) is 19.8 Å². The van der Waals surface area contributed by atoms with Crippen LogP contribution in [0.15, 0.2) is 24.3 Å². The van der Waals surface area contributed by atoms with Crippen molar-refractivity contribution in [1.82, 2.24) is 0 Å². The average molecular weight is 871 g/mol. The van der Waals surface area contributed by atoms with E-state index < -0.39 is 26.5 Å². The van der Waals surface area contributed by atoms with E-state index in [0.29, 0.717) is 17.4 Å². The Labute approximate surface area is 370 Å². The molecule has 9 nitrogen and oxygen atoms in total. The maximum atomic E-state index is 12.7. The van der Waals surface area contributed by atoms with Crippen LogP contribution in [0, 0.1) is 0 Å². The minimum atomic E-state index is -4.38. The number of phosphoric ester groups is 1. The Morgan fingerprint density at radius 1 is 0.500 bits per heavy atom. The van der Waals surface area contributed by atoms with Crippen molar-refractivity contribution >= 4 is 19.8 Å². The monoisotopic (exact) mass is 871 g/mol. The average Bonchev–Trinajstić information content (AvgIpc) is 3.20. The highest BCUT2D eigenvalue weighted by atomic mass is 31.2. The quantitative estimate of drug-likeness (QED) is 0.0212. The van der Waals surface area contributed by atoms with Crippen LogP contribution in [-0.4, -0.2) is 74.9 Å². The molecule has 0 amide bonds. The second-order valence-corrected chi connectivity index (χ2v) is 19.6.